The van der Waals surface area contributed by atoms with Crippen molar-refractivity contribution in [2.75, 3.05) is 13.2 Å². The molecule has 1 saturated carbocycles. The van der Waals surface area contributed by atoms with E-state index < -0.39 is 9.75 Å². The molecule has 2 unspecified atom stereocenters. The Kier molecular flexibility index (Phi) is 5.11. The van der Waals surface area contributed by atoms with Crippen LogP contribution in [0.2, 0.25) is 0 Å². The van der Waals surface area contributed by atoms with Crippen LogP contribution in [0.25, 0.3) is 0 Å². The van der Waals surface area contributed by atoms with Crippen molar-refractivity contribution < 1.29 is 9.90 Å². The van der Waals surface area contributed by atoms with Gasteiger partial charge in [0.2, 0.25) is 5.91 Å². The van der Waals surface area contributed by atoms with Gasteiger partial charge in [-0.2, -0.15) is 0 Å². The summed E-state index contributed by atoms with van der Waals surface area (Å²) in [6, 6.07) is 0. The lowest BCUT2D eigenvalue weighted by atomic mass is 9.99. The molecule has 0 aromatic rings. The minimum Gasteiger partial charge on any atom is -0.396 e. The normalized spacial score (nSPS) is 27.6. The number of hydrogen-bond donors (Lipinski definition) is 2. The summed E-state index contributed by atoms with van der Waals surface area (Å²) in [5, 5.41) is 11.8. The lowest BCUT2D eigenvalue weighted by molar-refractivity contribution is -0.126. The molecule has 5 heteroatoms. The Hall–Kier alpha value is 0.01000. The Morgan fingerprint density at radius 2 is 2.06 bits per heavy atom. The van der Waals surface area contributed by atoms with Gasteiger partial charge in [0, 0.05) is 13.2 Å². The fourth-order valence-electron chi connectivity index (χ4n) is 2.02. The molecule has 0 heterocycles. The molecular weight excluding hydrogens is 261 g/mol. The first-order chi connectivity index (χ1) is 7.87. The van der Waals surface area contributed by atoms with Crippen LogP contribution >= 0.6 is 23.2 Å². The number of amides is 1. The summed E-state index contributed by atoms with van der Waals surface area (Å²) < 4.78 is -0.908. The van der Waals surface area contributed by atoms with E-state index in [0.717, 1.165) is 19.3 Å². The molecule has 17 heavy (non-hydrogen) atoms. The summed E-state index contributed by atoms with van der Waals surface area (Å²) in [6.45, 7) is 4.62. The number of alkyl halides is 2. The van der Waals surface area contributed by atoms with Crippen LogP contribution in [-0.2, 0) is 4.79 Å². The summed E-state index contributed by atoms with van der Waals surface area (Å²) in [5.41, 5.74) is -0.647. The third kappa shape index (κ3) is 3.49. The van der Waals surface area contributed by atoms with E-state index in [1.165, 1.54) is 0 Å². The second-order valence-corrected chi connectivity index (χ2v) is 6.57. The lowest BCUT2D eigenvalue weighted by Gasteiger charge is -2.18. The van der Waals surface area contributed by atoms with Crippen molar-refractivity contribution in [3.05, 3.63) is 0 Å². The highest BCUT2D eigenvalue weighted by Crippen LogP contribution is 2.63. The fraction of sp³-hybridized carbons (Fsp3) is 0.917. The van der Waals surface area contributed by atoms with Crippen LogP contribution in [0, 0.1) is 11.3 Å². The quantitative estimate of drug-likeness (QED) is 0.705. The van der Waals surface area contributed by atoms with Gasteiger partial charge in [-0.1, -0.05) is 13.3 Å². The van der Waals surface area contributed by atoms with E-state index in [1.54, 1.807) is 6.92 Å². The first kappa shape index (κ1) is 15.1. The minimum absolute atomic E-state index is 0.0819. The molecular formula is C12H21Cl2NO2. The predicted octanol–water partition coefficient (Wildman–Crippen LogP) is 2.49. The van der Waals surface area contributed by atoms with Gasteiger partial charge in [0.05, 0.1) is 5.41 Å². The average molecular weight is 282 g/mol. The zero-order valence-corrected chi connectivity index (χ0v) is 11.9. The monoisotopic (exact) mass is 281 g/mol. The zero-order chi connectivity index (χ0) is 13.1. The summed E-state index contributed by atoms with van der Waals surface area (Å²) in [5.74, 6) is 0.248. The van der Waals surface area contributed by atoms with E-state index >= 15 is 0 Å². The summed E-state index contributed by atoms with van der Waals surface area (Å²) in [4.78, 5) is 11.9. The van der Waals surface area contributed by atoms with Gasteiger partial charge < -0.3 is 10.4 Å². The lowest BCUT2D eigenvalue weighted by Crippen LogP contribution is -2.36. The smallest absolute Gasteiger partial charge is 0.229 e. The Bertz CT molecular complexity index is 278. The highest BCUT2D eigenvalue weighted by Gasteiger charge is 2.67. The van der Waals surface area contributed by atoms with E-state index in [4.69, 9.17) is 28.3 Å². The molecule has 0 aromatic heterocycles. The molecule has 0 aliphatic heterocycles. The molecule has 1 amide bonds. The van der Waals surface area contributed by atoms with E-state index in [0.29, 0.717) is 18.9 Å². The number of aliphatic hydroxyl groups is 1. The Labute approximate surface area is 113 Å². The molecule has 1 aliphatic rings. The van der Waals surface area contributed by atoms with E-state index in [-0.39, 0.29) is 12.5 Å². The molecule has 0 bridgehead atoms. The van der Waals surface area contributed by atoms with Crippen molar-refractivity contribution >= 4 is 29.1 Å². The molecule has 100 valence electrons. The van der Waals surface area contributed by atoms with Crippen molar-refractivity contribution in [3.8, 4) is 0 Å². The number of carbonyl (C=O) groups is 1. The molecule has 1 aliphatic carbocycles. The van der Waals surface area contributed by atoms with Crippen LogP contribution < -0.4 is 5.32 Å². The molecule has 3 nitrogen and oxygen atoms in total. The van der Waals surface area contributed by atoms with Crippen molar-refractivity contribution in [1.29, 1.82) is 0 Å². The summed E-state index contributed by atoms with van der Waals surface area (Å²) in [6.07, 6.45) is 3.28. The van der Waals surface area contributed by atoms with Gasteiger partial charge in [0.1, 0.15) is 4.33 Å². The molecule has 1 rings (SSSR count). The molecule has 1 fully saturated rings. The van der Waals surface area contributed by atoms with Crippen molar-refractivity contribution in [2.45, 2.75) is 43.9 Å². The van der Waals surface area contributed by atoms with Crippen LogP contribution in [-0.4, -0.2) is 28.5 Å². The van der Waals surface area contributed by atoms with Crippen LogP contribution in [0.1, 0.15) is 39.5 Å². The Balaban J connectivity index is 2.37. The van der Waals surface area contributed by atoms with Gasteiger partial charge in [-0.05, 0) is 32.1 Å². The standard InChI is InChI=1S/C12H21Cl2NO2/c1-3-4-9(5-6-16)7-15-10(17)11(2)8-12(11,13)14/h9,16H,3-8H2,1-2H3,(H,15,17). The third-order valence-electron chi connectivity index (χ3n) is 3.54. The van der Waals surface area contributed by atoms with Gasteiger partial charge in [-0.15, -0.1) is 23.2 Å². The second-order valence-electron chi connectivity index (χ2n) is 5.09. The molecule has 0 saturated heterocycles. The zero-order valence-electron chi connectivity index (χ0n) is 10.4. The van der Waals surface area contributed by atoms with E-state index in [1.807, 2.05) is 0 Å². The van der Waals surface area contributed by atoms with Crippen LogP contribution in [0.5, 0.6) is 0 Å². The third-order valence-corrected chi connectivity index (χ3v) is 4.65. The molecule has 0 aromatic carbocycles. The highest BCUT2D eigenvalue weighted by atomic mass is 35.5. The van der Waals surface area contributed by atoms with Crippen molar-refractivity contribution in [3.63, 3.8) is 0 Å². The molecule has 0 radical (unpaired) electrons. The number of rotatable bonds is 7. The number of hydrogen-bond acceptors (Lipinski definition) is 2. The minimum atomic E-state index is -0.908. The topological polar surface area (TPSA) is 49.3 Å². The fourth-order valence-corrected chi connectivity index (χ4v) is 2.72. The SMILES string of the molecule is CCCC(CCO)CNC(=O)C1(C)CC1(Cl)Cl. The molecule has 0 spiro atoms. The number of carbonyl (C=O) groups excluding carboxylic acids is 1. The highest BCUT2D eigenvalue weighted by molar-refractivity contribution is 6.53. The summed E-state index contributed by atoms with van der Waals surface area (Å²) >= 11 is 11.9. The van der Waals surface area contributed by atoms with E-state index in [2.05, 4.69) is 12.2 Å². The average Bonchev–Trinajstić information content (AvgIpc) is 2.76. The van der Waals surface area contributed by atoms with Crippen molar-refractivity contribution in [1.82, 2.24) is 5.32 Å². The maximum Gasteiger partial charge on any atom is 0.229 e. The Morgan fingerprint density at radius 3 is 2.47 bits per heavy atom. The van der Waals surface area contributed by atoms with Gasteiger partial charge in [0.25, 0.3) is 0 Å². The largest absolute Gasteiger partial charge is 0.396 e. The van der Waals surface area contributed by atoms with Gasteiger partial charge >= 0.3 is 0 Å². The maximum absolute atomic E-state index is 11.9. The second kappa shape index (κ2) is 5.77. The van der Waals surface area contributed by atoms with Gasteiger partial charge in [-0.3, -0.25) is 4.79 Å². The molecule has 2 N–H and O–H groups in total. The maximum atomic E-state index is 11.9. The van der Waals surface area contributed by atoms with Crippen molar-refractivity contribution in [2.24, 2.45) is 11.3 Å². The predicted molar refractivity (Wildman–Crippen MR) is 70.3 cm³/mol. The first-order valence-corrected chi connectivity index (χ1v) is 6.90. The van der Waals surface area contributed by atoms with E-state index in [9.17, 15) is 4.79 Å². The van der Waals surface area contributed by atoms with Crippen LogP contribution in [0.15, 0.2) is 0 Å². The van der Waals surface area contributed by atoms with Gasteiger partial charge in [0.15, 0.2) is 0 Å². The number of nitrogens with one attached hydrogen (secondary N) is 1. The van der Waals surface area contributed by atoms with Gasteiger partial charge in [-0.25, -0.2) is 0 Å². The van der Waals surface area contributed by atoms with Crippen LogP contribution in [0.4, 0.5) is 0 Å². The summed E-state index contributed by atoms with van der Waals surface area (Å²) in [7, 11) is 0. The number of halogens is 2. The molecule has 2 atom stereocenters. The first-order valence-electron chi connectivity index (χ1n) is 6.14. The number of aliphatic hydroxyl groups excluding tert-OH is 1. The Morgan fingerprint density at radius 1 is 1.47 bits per heavy atom. The van der Waals surface area contributed by atoms with Crippen LogP contribution in [0.3, 0.4) is 0 Å².